The number of hydrogen-bond donors (Lipinski definition) is 1. The van der Waals surface area contributed by atoms with Crippen LogP contribution >= 0.6 is 0 Å². The lowest BCUT2D eigenvalue weighted by Crippen LogP contribution is -2.40. The van der Waals surface area contributed by atoms with Crippen molar-refractivity contribution in [2.75, 3.05) is 26.8 Å². The predicted molar refractivity (Wildman–Crippen MR) is 83.9 cm³/mol. The van der Waals surface area contributed by atoms with Crippen LogP contribution in [0.3, 0.4) is 0 Å². The second kappa shape index (κ2) is 9.58. The van der Waals surface area contributed by atoms with Gasteiger partial charge in [-0.3, -0.25) is 15.0 Å². The van der Waals surface area contributed by atoms with E-state index >= 15 is 0 Å². The van der Waals surface area contributed by atoms with Crippen molar-refractivity contribution in [3.05, 3.63) is 35.4 Å². The van der Waals surface area contributed by atoms with Crippen LogP contribution in [0.1, 0.15) is 29.8 Å². The average molecular weight is 322 g/mol. The summed E-state index contributed by atoms with van der Waals surface area (Å²) >= 11 is 0. The van der Waals surface area contributed by atoms with Crippen LogP contribution in [-0.4, -0.2) is 49.7 Å². The first-order valence-corrected chi connectivity index (χ1v) is 7.36. The first-order chi connectivity index (χ1) is 11.0. The van der Waals surface area contributed by atoms with Crippen LogP contribution in [-0.2, 0) is 20.8 Å². The van der Waals surface area contributed by atoms with Crippen LogP contribution in [0.5, 0.6) is 0 Å². The van der Waals surface area contributed by atoms with Gasteiger partial charge in [-0.05, 0) is 31.2 Å². The summed E-state index contributed by atoms with van der Waals surface area (Å²) in [6, 6.07) is 6.96. The van der Waals surface area contributed by atoms with Crippen molar-refractivity contribution in [1.29, 1.82) is 0 Å². The number of rotatable bonds is 7. The van der Waals surface area contributed by atoms with Gasteiger partial charge >= 0.3 is 12.1 Å². The van der Waals surface area contributed by atoms with Crippen molar-refractivity contribution in [1.82, 2.24) is 10.2 Å². The number of nitrogens with one attached hydrogen (secondary N) is 1. The highest BCUT2D eigenvalue weighted by molar-refractivity contribution is 5.92. The summed E-state index contributed by atoms with van der Waals surface area (Å²) in [5.41, 5.74) is 1.42. The van der Waals surface area contributed by atoms with E-state index in [9.17, 15) is 14.4 Å². The molecule has 0 saturated heterocycles. The Balaban J connectivity index is 2.57. The molecule has 0 heterocycles. The maximum absolute atomic E-state index is 11.8. The largest absolute Gasteiger partial charge is 0.465 e. The molecule has 2 amide bonds. The highest BCUT2D eigenvalue weighted by atomic mass is 16.5. The summed E-state index contributed by atoms with van der Waals surface area (Å²) in [5.74, 6) is -0.811. The quantitative estimate of drug-likeness (QED) is 0.767. The molecule has 0 radical (unpaired) electrons. The Morgan fingerprint density at radius 3 is 2.30 bits per heavy atom. The summed E-state index contributed by atoms with van der Waals surface area (Å²) in [4.78, 5) is 36.2. The average Bonchev–Trinajstić information content (AvgIpc) is 2.54. The van der Waals surface area contributed by atoms with Crippen molar-refractivity contribution < 1.29 is 23.9 Å². The highest BCUT2D eigenvalue weighted by Gasteiger charge is 2.13. The van der Waals surface area contributed by atoms with E-state index in [4.69, 9.17) is 0 Å². The minimum absolute atomic E-state index is 0.0774. The van der Waals surface area contributed by atoms with Crippen molar-refractivity contribution >= 4 is 18.0 Å². The summed E-state index contributed by atoms with van der Waals surface area (Å²) < 4.78 is 9.30. The second-order valence-corrected chi connectivity index (χ2v) is 4.76. The number of nitrogens with zero attached hydrogens (tertiary/aromatic N) is 1. The van der Waals surface area contributed by atoms with Crippen LogP contribution in [0.2, 0.25) is 0 Å². The van der Waals surface area contributed by atoms with E-state index in [1.54, 1.807) is 31.2 Å². The Labute approximate surface area is 135 Å². The van der Waals surface area contributed by atoms with Gasteiger partial charge in [-0.15, -0.1) is 0 Å². The summed E-state index contributed by atoms with van der Waals surface area (Å²) in [5, 5.41) is 2.16. The molecule has 0 bridgehead atoms. The van der Waals surface area contributed by atoms with Gasteiger partial charge in [0.05, 0.1) is 25.8 Å². The second-order valence-electron chi connectivity index (χ2n) is 4.76. The molecule has 0 aromatic heterocycles. The molecular weight excluding hydrogens is 300 g/mol. The van der Waals surface area contributed by atoms with E-state index in [0.717, 1.165) is 5.56 Å². The smallest absolute Gasteiger partial charge is 0.413 e. The molecule has 0 aliphatic rings. The number of hydrogen-bond acceptors (Lipinski definition) is 6. The minimum Gasteiger partial charge on any atom is -0.465 e. The number of alkyl carbamates (subject to hydrolysis) is 1. The Morgan fingerprint density at radius 2 is 1.78 bits per heavy atom. The zero-order chi connectivity index (χ0) is 17.2. The number of benzene rings is 1. The molecule has 0 atom stereocenters. The van der Waals surface area contributed by atoms with E-state index in [2.05, 4.69) is 14.8 Å². The molecule has 0 aliphatic heterocycles. The third kappa shape index (κ3) is 6.48. The molecule has 0 unspecified atom stereocenters. The van der Waals surface area contributed by atoms with Crippen molar-refractivity contribution in [2.24, 2.45) is 0 Å². The standard InChI is InChI=1S/C16H22N2O5/c1-4-18(11-14(19)17-16(21)23-5-2)10-12-6-8-13(9-7-12)15(20)22-3/h6-9H,4-5,10-11H2,1-3H3,(H,17,19,21). The van der Waals surface area contributed by atoms with Gasteiger partial charge in [-0.25, -0.2) is 9.59 Å². The molecule has 0 fully saturated rings. The van der Waals surface area contributed by atoms with Gasteiger partial charge in [0.1, 0.15) is 0 Å². The molecule has 1 rings (SSSR count). The number of amides is 2. The fraction of sp³-hybridized carbons (Fsp3) is 0.438. The van der Waals surface area contributed by atoms with Crippen LogP contribution in [0.15, 0.2) is 24.3 Å². The Hall–Kier alpha value is -2.41. The molecule has 0 aliphatic carbocycles. The molecule has 1 aromatic carbocycles. The molecule has 1 N–H and O–H groups in total. The number of imide groups is 1. The molecular formula is C16H22N2O5. The van der Waals surface area contributed by atoms with E-state index in [-0.39, 0.29) is 13.2 Å². The molecule has 0 spiro atoms. The van der Waals surface area contributed by atoms with Crippen molar-refractivity contribution in [3.63, 3.8) is 0 Å². The number of carbonyl (C=O) groups excluding carboxylic acids is 3. The van der Waals surface area contributed by atoms with Crippen molar-refractivity contribution in [3.8, 4) is 0 Å². The summed E-state index contributed by atoms with van der Waals surface area (Å²) in [6.07, 6.45) is -0.740. The summed E-state index contributed by atoms with van der Waals surface area (Å²) in [6.45, 7) is 5.03. The van der Waals surface area contributed by atoms with Crippen LogP contribution in [0.25, 0.3) is 0 Å². The minimum atomic E-state index is -0.740. The number of methoxy groups -OCH3 is 1. The van der Waals surface area contributed by atoms with E-state index in [1.807, 2.05) is 11.8 Å². The van der Waals surface area contributed by atoms with Crippen LogP contribution < -0.4 is 5.32 Å². The van der Waals surface area contributed by atoms with E-state index < -0.39 is 18.0 Å². The molecule has 7 nitrogen and oxygen atoms in total. The zero-order valence-electron chi connectivity index (χ0n) is 13.6. The van der Waals surface area contributed by atoms with Crippen LogP contribution in [0, 0.1) is 0 Å². The first kappa shape index (κ1) is 18.6. The molecule has 7 heteroatoms. The van der Waals surface area contributed by atoms with Gasteiger partial charge in [0.15, 0.2) is 0 Å². The lowest BCUT2D eigenvalue weighted by atomic mass is 10.1. The zero-order valence-corrected chi connectivity index (χ0v) is 13.6. The number of esters is 1. The number of ether oxygens (including phenoxy) is 2. The third-order valence-corrected chi connectivity index (χ3v) is 3.11. The number of carbonyl (C=O) groups is 3. The maximum Gasteiger partial charge on any atom is 0.413 e. The SMILES string of the molecule is CCOC(=O)NC(=O)CN(CC)Cc1ccc(C(=O)OC)cc1. The van der Waals surface area contributed by atoms with Gasteiger partial charge in [0.25, 0.3) is 0 Å². The molecule has 23 heavy (non-hydrogen) atoms. The van der Waals surface area contributed by atoms with E-state index in [0.29, 0.717) is 18.7 Å². The Bertz CT molecular complexity index is 542. The number of likely N-dealkylation sites (N-methyl/N-ethyl adjacent to an activating group) is 1. The van der Waals surface area contributed by atoms with Crippen LogP contribution in [0.4, 0.5) is 4.79 Å². The van der Waals surface area contributed by atoms with Gasteiger partial charge in [0.2, 0.25) is 5.91 Å². The normalized spacial score (nSPS) is 10.3. The molecule has 1 aromatic rings. The van der Waals surface area contributed by atoms with Crippen molar-refractivity contribution in [2.45, 2.75) is 20.4 Å². The Kier molecular flexibility index (Phi) is 7.76. The third-order valence-electron chi connectivity index (χ3n) is 3.11. The first-order valence-electron chi connectivity index (χ1n) is 7.36. The predicted octanol–water partition coefficient (Wildman–Crippen LogP) is 1.57. The summed E-state index contributed by atoms with van der Waals surface area (Å²) in [7, 11) is 1.33. The lowest BCUT2D eigenvalue weighted by Gasteiger charge is -2.19. The fourth-order valence-electron chi connectivity index (χ4n) is 1.93. The van der Waals surface area contributed by atoms with Gasteiger partial charge < -0.3 is 9.47 Å². The molecule has 0 saturated carbocycles. The molecule has 126 valence electrons. The maximum atomic E-state index is 11.8. The Morgan fingerprint density at radius 1 is 1.13 bits per heavy atom. The lowest BCUT2D eigenvalue weighted by molar-refractivity contribution is -0.121. The monoisotopic (exact) mass is 322 g/mol. The van der Waals surface area contributed by atoms with E-state index in [1.165, 1.54) is 7.11 Å². The van der Waals surface area contributed by atoms with Gasteiger partial charge in [-0.1, -0.05) is 19.1 Å². The van der Waals surface area contributed by atoms with Gasteiger partial charge in [0, 0.05) is 6.54 Å². The highest BCUT2D eigenvalue weighted by Crippen LogP contribution is 2.08. The van der Waals surface area contributed by atoms with Gasteiger partial charge in [-0.2, -0.15) is 0 Å². The topological polar surface area (TPSA) is 84.9 Å². The fourth-order valence-corrected chi connectivity index (χ4v) is 1.93.